The Morgan fingerprint density at radius 2 is 2.21 bits per heavy atom. The third-order valence-corrected chi connectivity index (χ3v) is 3.12. The van der Waals surface area contributed by atoms with Crippen LogP contribution in [0.15, 0.2) is 30.6 Å². The second kappa shape index (κ2) is 5.84. The van der Waals surface area contributed by atoms with Gasteiger partial charge in [-0.3, -0.25) is 0 Å². The van der Waals surface area contributed by atoms with E-state index in [2.05, 4.69) is 15.2 Å². The summed E-state index contributed by atoms with van der Waals surface area (Å²) in [6.07, 6.45) is 3.70. The van der Waals surface area contributed by atoms with Gasteiger partial charge >= 0.3 is 0 Å². The molecule has 19 heavy (non-hydrogen) atoms. The van der Waals surface area contributed by atoms with E-state index in [1.807, 2.05) is 38.0 Å². The van der Waals surface area contributed by atoms with E-state index in [0.717, 1.165) is 17.1 Å². The minimum Gasteiger partial charge on any atom is -0.367 e. The molecule has 5 heteroatoms. The highest BCUT2D eigenvalue weighted by Gasteiger charge is 2.10. The molecule has 0 atom stereocenters. The van der Waals surface area contributed by atoms with Crippen molar-refractivity contribution in [1.29, 1.82) is 0 Å². The summed E-state index contributed by atoms with van der Waals surface area (Å²) in [6, 6.07) is 4.87. The summed E-state index contributed by atoms with van der Waals surface area (Å²) in [5, 5.41) is 3.06. The van der Waals surface area contributed by atoms with E-state index in [1.165, 1.54) is 6.07 Å². The van der Waals surface area contributed by atoms with E-state index >= 15 is 0 Å². The van der Waals surface area contributed by atoms with Crippen LogP contribution in [-0.4, -0.2) is 23.6 Å². The van der Waals surface area contributed by atoms with Crippen LogP contribution in [0, 0.1) is 5.82 Å². The van der Waals surface area contributed by atoms with Crippen LogP contribution < -0.4 is 10.2 Å². The molecule has 0 radical (unpaired) electrons. The van der Waals surface area contributed by atoms with Crippen LogP contribution in [0.25, 0.3) is 0 Å². The average Bonchev–Trinajstić information content (AvgIpc) is 2.75. The largest absolute Gasteiger partial charge is 0.367 e. The SMILES string of the molecule is CNCc1cc(F)ccc1N(C)Cc1nccn1C. The van der Waals surface area contributed by atoms with Gasteiger partial charge < -0.3 is 14.8 Å². The zero-order valence-electron chi connectivity index (χ0n) is 11.5. The number of hydrogen-bond acceptors (Lipinski definition) is 3. The van der Waals surface area contributed by atoms with Gasteiger partial charge in [0.15, 0.2) is 0 Å². The maximum Gasteiger partial charge on any atom is 0.127 e. The van der Waals surface area contributed by atoms with E-state index in [-0.39, 0.29) is 5.82 Å². The van der Waals surface area contributed by atoms with Crippen LogP contribution in [0.2, 0.25) is 0 Å². The van der Waals surface area contributed by atoms with Gasteiger partial charge in [-0.1, -0.05) is 0 Å². The van der Waals surface area contributed by atoms with Crippen molar-refractivity contribution in [2.24, 2.45) is 7.05 Å². The van der Waals surface area contributed by atoms with Gasteiger partial charge in [-0.2, -0.15) is 0 Å². The predicted octanol–water partition coefficient (Wildman–Crippen LogP) is 1.92. The fraction of sp³-hybridized carbons (Fsp3) is 0.357. The third kappa shape index (κ3) is 3.12. The molecule has 0 saturated heterocycles. The minimum atomic E-state index is -0.209. The number of nitrogens with one attached hydrogen (secondary N) is 1. The molecule has 0 fully saturated rings. The van der Waals surface area contributed by atoms with Gasteiger partial charge in [-0.05, 0) is 30.8 Å². The molecule has 1 N–H and O–H groups in total. The van der Waals surface area contributed by atoms with Crippen molar-refractivity contribution >= 4 is 5.69 Å². The maximum atomic E-state index is 13.3. The molecule has 0 aliphatic carbocycles. The van der Waals surface area contributed by atoms with Crippen LogP contribution in [0.5, 0.6) is 0 Å². The molecule has 0 bridgehead atoms. The number of halogens is 1. The number of nitrogens with zero attached hydrogens (tertiary/aromatic N) is 3. The first-order valence-corrected chi connectivity index (χ1v) is 6.22. The Labute approximate surface area is 112 Å². The molecule has 1 aromatic carbocycles. The lowest BCUT2D eigenvalue weighted by molar-refractivity contribution is 0.623. The van der Waals surface area contributed by atoms with Gasteiger partial charge in [-0.25, -0.2) is 9.37 Å². The molecule has 0 aliphatic heterocycles. The summed E-state index contributed by atoms with van der Waals surface area (Å²) in [5.41, 5.74) is 1.96. The number of aromatic nitrogens is 2. The fourth-order valence-electron chi connectivity index (χ4n) is 2.10. The van der Waals surface area contributed by atoms with E-state index in [4.69, 9.17) is 0 Å². The van der Waals surface area contributed by atoms with Gasteiger partial charge in [0, 0.05) is 38.7 Å². The lowest BCUT2D eigenvalue weighted by Gasteiger charge is -2.22. The fourth-order valence-corrected chi connectivity index (χ4v) is 2.10. The van der Waals surface area contributed by atoms with Crippen LogP contribution in [0.3, 0.4) is 0 Å². The number of anilines is 1. The van der Waals surface area contributed by atoms with Crippen molar-refractivity contribution < 1.29 is 4.39 Å². The maximum absolute atomic E-state index is 13.3. The quantitative estimate of drug-likeness (QED) is 0.893. The molecule has 2 rings (SSSR count). The first-order chi connectivity index (χ1) is 9.11. The first-order valence-electron chi connectivity index (χ1n) is 6.22. The summed E-state index contributed by atoms with van der Waals surface area (Å²) in [6.45, 7) is 1.32. The average molecular weight is 262 g/mol. The standard InChI is InChI=1S/C14H19FN4/c1-16-9-11-8-12(15)4-5-13(11)19(3)10-14-17-6-7-18(14)2/h4-8,16H,9-10H2,1-3H3. The van der Waals surface area contributed by atoms with Crippen molar-refractivity contribution in [2.75, 3.05) is 19.0 Å². The van der Waals surface area contributed by atoms with E-state index < -0.39 is 0 Å². The summed E-state index contributed by atoms with van der Waals surface area (Å²) in [4.78, 5) is 6.38. The number of imidazole rings is 1. The van der Waals surface area contributed by atoms with Crippen LogP contribution in [0.4, 0.5) is 10.1 Å². The first kappa shape index (κ1) is 13.5. The van der Waals surface area contributed by atoms with E-state index in [9.17, 15) is 4.39 Å². The molecular formula is C14H19FN4. The highest BCUT2D eigenvalue weighted by molar-refractivity contribution is 5.53. The zero-order chi connectivity index (χ0) is 13.8. The van der Waals surface area contributed by atoms with Crippen molar-refractivity contribution in [3.8, 4) is 0 Å². The van der Waals surface area contributed by atoms with Gasteiger partial charge in [0.2, 0.25) is 0 Å². The highest BCUT2D eigenvalue weighted by Crippen LogP contribution is 2.22. The summed E-state index contributed by atoms with van der Waals surface area (Å²) in [5.74, 6) is 0.765. The number of aryl methyl sites for hydroxylation is 1. The Hall–Kier alpha value is -1.88. The molecule has 0 spiro atoms. The summed E-state index contributed by atoms with van der Waals surface area (Å²) in [7, 11) is 5.81. The molecule has 0 unspecified atom stereocenters. The normalized spacial score (nSPS) is 10.7. The van der Waals surface area contributed by atoms with Gasteiger partial charge in [0.05, 0.1) is 6.54 Å². The Morgan fingerprint density at radius 1 is 1.42 bits per heavy atom. The molecule has 4 nitrogen and oxygen atoms in total. The number of benzene rings is 1. The van der Waals surface area contributed by atoms with Crippen molar-refractivity contribution in [3.63, 3.8) is 0 Å². The monoisotopic (exact) mass is 262 g/mol. The molecular weight excluding hydrogens is 243 g/mol. The minimum absolute atomic E-state index is 0.209. The second-order valence-electron chi connectivity index (χ2n) is 4.61. The Bertz CT molecular complexity index is 550. The van der Waals surface area contributed by atoms with Crippen LogP contribution >= 0.6 is 0 Å². The van der Waals surface area contributed by atoms with E-state index in [1.54, 1.807) is 12.3 Å². The second-order valence-corrected chi connectivity index (χ2v) is 4.61. The Morgan fingerprint density at radius 3 is 2.84 bits per heavy atom. The smallest absolute Gasteiger partial charge is 0.127 e. The molecule has 0 aliphatic rings. The van der Waals surface area contributed by atoms with Crippen molar-refractivity contribution in [2.45, 2.75) is 13.1 Å². The Kier molecular flexibility index (Phi) is 4.16. The third-order valence-electron chi connectivity index (χ3n) is 3.12. The summed E-state index contributed by atoms with van der Waals surface area (Å²) >= 11 is 0. The van der Waals surface area contributed by atoms with Crippen LogP contribution in [0.1, 0.15) is 11.4 Å². The number of rotatable bonds is 5. The van der Waals surface area contributed by atoms with Crippen LogP contribution in [-0.2, 0) is 20.1 Å². The van der Waals surface area contributed by atoms with Crippen molar-refractivity contribution in [1.82, 2.24) is 14.9 Å². The summed E-state index contributed by atoms with van der Waals surface area (Å²) < 4.78 is 15.3. The van der Waals surface area contributed by atoms with Gasteiger partial charge in [-0.15, -0.1) is 0 Å². The molecule has 102 valence electrons. The van der Waals surface area contributed by atoms with Gasteiger partial charge in [0.25, 0.3) is 0 Å². The highest BCUT2D eigenvalue weighted by atomic mass is 19.1. The topological polar surface area (TPSA) is 33.1 Å². The molecule has 1 aromatic heterocycles. The van der Waals surface area contributed by atoms with Gasteiger partial charge in [0.1, 0.15) is 11.6 Å². The van der Waals surface area contributed by atoms with E-state index in [0.29, 0.717) is 13.1 Å². The lowest BCUT2D eigenvalue weighted by Crippen LogP contribution is -2.21. The zero-order valence-corrected chi connectivity index (χ0v) is 11.5. The molecule has 0 saturated carbocycles. The Balaban J connectivity index is 2.23. The molecule has 2 aromatic rings. The van der Waals surface area contributed by atoms with Crippen molar-refractivity contribution in [3.05, 3.63) is 47.8 Å². The lowest BCUT2D eigenvalue weighted by atomic mass is 10.1. The molecule has 0 amide bonds. The number of hydrogen-bond donors (Lipinski definition) is 1. The predicted molar refractivity (Wildman–Crippen MR) is 74.5 cm³/mol. The molecule has 1 heterocycles.